The van der Waals surface area contributed by atoms with Gasteiger partial charge in [0.05, 0.1) is 23.1 Å². The minimum absolute atomic E-state index is 0.0465. The molecule has 0 fully saturated rings. The number of carbonyl (C=O) groups is 2. The van der Waals surface area contributed by atoms with Crippen LogP contribution in [-0.4, -0.2) is 33.5 Å². The summed E-state index contributed by atoms with van der Waals surface area (Å²) >= 11 is 1.44. The maximum absolute atomic E-state index is 11.6. The number of methoxy groups -OCH3 is 1. The number of rotatable bonds is 3. The number of hydrogen-bond acceptors (Lipinski definition) is 5. The number of thiophene rings is 1. The predicted octanol–water partition coefficient (Wildman–Crippen LogP) is 2.55. The van der Waals surface area contributed by atoms with E-state index in [1.165, 1.54) is 30.7 Å². The van der Waals surface area contributed by atoms with Gasteiger partial charge in [-0.3, -0.25) is 4.40 Å². The molecule has 0 saturated heterocycles. The number of aromatic nitrogens is 2. The Hall–Kier alpha value is -2.67. The molecule has 0 aliphatic carbocycles. The lowest BCUT2D eigenvalue weighted by Gasteiger charge is -2.02. The summed E-state index contributed by atoms with van der Waals surface area (Å²) in [6, 6.07) is 6.77. The van der Waals surface area contributed by atoms with Crippen molar-refractivity contribution in [3.05, 3.63) is 47.1 Å². The Morgan fingerprint density at radius 3 is 2.76 bits per heavy atom. The van der Waals surface area contributed by atoms with Crippen molar-refractivity contribution < 1.29 is 19.4 Å². The van der Waals surface area contributed by atoms with Gasteiger partial charge in [0.25, 0.3) is 0 Å². The molecular weight excluding hydrogens is 292 g/mol. The third-order valence-electron chi connectivity index (χ3n) is 3.00. The minimum atomic E-state index is -1.11. The molecule has 0 amide bonds. The summed E-state index contributed by atoms with van der Waals surface area (Å²) in [4.78, 5) is 27.9. The van der Waals surface area contributed by atoms with Crippen molar-refractivity contribution in [3.8, 4) is 10.7 Å². The second-order valence-electron chi connectivity index (χ2n) is 4.23. The maximum Gasteiger partial charge on any atom is 0.356 e. The molecule has 3 rings (SSSR count). The molecule has 0 aliphatic rings. The van der Waals surface area contributed by atoms with E-state index in [0.29, 0.717) is 16.9 Å². The van der Waals surface area contributed by atoms with Crippen LogP contribution in [0, 0.1) is 0 Å². The number of aromatic carboxylic acids is 1. The monoisotopic (exact) mass is 302 g/mol. The van der Waals surface area contributed by atoms with E-state index in [9.17, 15) is 14.7 Å². The highest BCUT2D eigenvalue weighted by molar-refractivity contribution is 7.13. The standard InChI is InChI=1S/C14H10N2O4S/c1-20-14(19)8-4-5-9-11(13(17)18)15-12(16(9)7-8)10-3-2-6-21-10/h2-7H,1H3,(H,17,18). The molecular formula is C14H10N2O4S. The first-order valence-electron chi connectivity index (χ1n) is 5.99. The number of pyridine rings is 1. The number of hydrogen-bond donors (Lipinski definition) is 1. The number of ether oxygens (including phenoxy) is 1. The second-order valence-corrected chi connectivity index (χ2v) is 5.18. The maximum atomic E-state index is 11.6. The normalized spacial score (nSPS) is 10.7. The molecule has 21 heavy (non-hydrogen) atoms. The van der Waals surface area contributed by atoms with Crippen LogP contribution in [0.5, 0.6) is 0 Å². The van der Waals surface area contributed by atoms with Crippen molar-refractivity contribution >= 4 is 28.8 Å². The zero-order valence-corrected chi connectivity index (χ0v) is 11.8. The van der Waals surface area contributed by atoms with Crippen molar-refractivity contribution in [2.24, 2.45) is 0 Å². The van der Waals surface area contributed by atoms with Crippen LogP contribution >= 0.6 is 11.3 Å². The quantitative estimate of drug-likeness (QED) is 0.752. The number of carboxylic acids is 1. The summed E-state index contributed by atoms with van der Waals surface area (Å²) in [5.41, 5.74) is 0.713. The van der Waals surface area contributed by atoms with E-state index in [1.54, 1.807) is 10.5 Å². The number of nitrogens with zero attached hydrogens (tertiary/aromatic N) is 2. The Balaban J connectivity index is 2.30. The Labute approximate surface area is 123 Å². The second kappa shape index (κ2) is 5.02. The Morgan fingerprint density at radius 1 is 1.33 bits per heavy atom. The van der Waals surface area contributed by atoms with Gasteiger partial charge in [0, 0.05) is 6.20 Å². The van der Waals surface area contributed by atoms with Crippen LogP contribution in [-0.2, 0) is 4.74 Å². The summed E-state index contributed by atoms with van der Waals surface area (Å²) in [5.74, 6) is -1.11. The molecule has 3 aromatic rings. The zero-order valence-electron chi connectivity index (χ0n) is 10.9. The molecule has 0 radical (unpaired) electrons. The van der Waals surface area contributed by atoms with E-state index in [1.807, 2.05) is 17.5 Å². The average molecular weight is 302 g/mol. The number of fused-ring (bicyclic) bond motifs is 1. The van der Waals surface area contributed by atoms with Gasteiger partial charge in [-0.25, -0.2) is 14.6 Å². The van der Waals surface area contributed by atoms with Gasteiger partial charge in [0.15, 0.2) is 11.5 Å². The van der Waals surface area contributed by atoms with E-state index in [0.717, 1.165) is 4.88 Å². The summed E-state index contributed by atoms with van der Waals surface area (Å²) in [5, 5.41) is 11.1. The van der Waals surface area contributed by atoms with E-state index in [2.05, 4.69) is 9.72 Å². The molecule has 3 heterocycles. The minimum Gasteiger partial charge on any atom is -0.476 e. The largest absolute Gasteiger partial charge is 0.476 e. The smallest absolute Gasteiger partial charge is 0.356 e. The fourth-order valence-electron chi connectivity index (χ4n) is 2.06. The summed E-state index contributed by atoms with van der Waals surface area (Å²) in [7, 11) is 1.29. The summed E-state index contributed by atoms with van der Waals surface area (Å²) in [6.45, 7) is 0. The van der Waals surface area contributed by atoms with Gasteiger partial charge >= 0.3 is 11.9 Å². The lowest BCUT2D eigenvalue weighted by atomic mass is 10.2. The first kappa shape index (κ1) is 13.3. The van der Waals surface area contributed by atoms with Gasteiger partial charge < -0.3 is 9.84 Å². The van der Waals surface area contributed by atoms with E-state index < -0.39 is 11.9 Å². The van der Waals surface area contributed by atoms with Crippen LogP contribution in [0.1, 0.15) is 20.8 Å². The Bertz CT molecular complexity index is 836. The van der Waals surface area contributed by atoms with Gasteiger partial charge in [-0.05, 0) is 23.6 Å². The molecule has 3 aromatic heterocycles. The highest BCUT2D eigenvalue weighted by Gasteiger charge is 2.19. The first-order valence-corrected chi connectivity index (χ1v) is 6.87. The van der Waals surface area contributed by atoms with Gasteiger partial charge in [-0.15, -0.1) is 11.3 Å². The molecule has 0 unspecified atom stereocenters. The molecule has 0 bridgehead atoms. The molecule has 106 valence electrons. The van der Waals surface area contributed by atoms with Crippen molar-refractivity contribution in [1.82, 2.24) is 9.38 Å². The highest BCUT2D eigenvalue weighted by Crippen LogP contribution is 2.27. The van der Waals surface area contributed by atoms with E-state index in [-0.39, 0.29) is 5.69 Å². The highest BCUT2D eigenvalue weighted by atomic mass is 32.1. The number of carboxylic acid groups (broad SMARTS) is 1. The van der Waals surface area contributed by atoms with Crippen LogP contribution in [0.25, 0.3) is 16.2 Å². The number of carbonyl (C=O) groups excluding carboxylic acids is 1. The van der Waals surface area contributed by atoms with Crippen molar-refractivity contribution in [2.45, 2.75) is 0 Å². The Kier molecular flexibility index (Phi) is 3.19. The van der Waals surface area contributed by atoms with Crippen LogP contribution in [0.15, 0.2) is 35.8 Å². The molecule has 0 atom stereocenters. The molecule has 0 spiro atoms. The first-order chi connectivity index (χ1) is 10.1. The van der Waals surface area contributed by atoms with Gasteiger partial charge in [-0.2, -0.15) is 0 Å². The average Bonchev–Trinajstić information content (AvgIpc) is 3.12. The molecule has 0 aromatic carbocycles. The Morgan fingerprint density at radius 2 is 2.14 bits per heavy atom. The van der Waals surface area contributed by atoms with Crippen LogP contribution < -0.4 is 0 Å². The van der Waals surface area contributed by atoms with E-state index in [4.69, 9.17) is 0 Å². The van der Waals surface area contributed by atoms with Crippen LogP contribution in [0.3, 0.4) is 0 Å². The summed E-state index contributed by atoms with van der Waals surface area (Å²) < 4.78 is 6.28. The van der Waals surface area contributed by atoms with Crippen molar-refractivity contribution in [3.63, 3.8) is 0 Å². The summed E-state index contributed by atoms with van der Waals surface area (Å²) in [6.07, 6.45) is 1.54. The van der Waals surface area contributed by atoms with Gasteiger partial charge in [-0.1, -0.05) is 6.07 Å². The molecule has 0 saturated carbocycles. The third kappa shape index (κ3) is 2.17. The van der Waals surface area contributed by atoms with Crippen LogP contribution in [0.2, 0.25) is 0 Å². The van der Waals surface area contributed by atoms with Gasteiger partial charge in [0.2, 0.25) is 0 Å². The lowest BCUT2D eigenvalue weighted by molar-refractivity contribution is 0.0599. The van der Waals surface area contributed by atoms with Crippen molar-refractivity contribution in [2.75, 3.05) is 7.11 Å². The number of imidazole rings is 1. The fraction of sp³-hybridized carbons (Fsp3) is 0.0714. The molecule has 6 nitrogen and oxygen atoms in total. The van der Waals surface area contributed by atoms with Crippen molar-refractivity contribution in [1.29, 1.82) is 0 Å². The fourth-order valence-corrected chi connectivity index (χ4v) is 2.77. The SMILES string of the molecule is COC(=O)c1ccc2c(C(=O)O)nc(-c3cccs3)n2c1. The van der Waals surface area contributed by atoms with Crippen LogP contribution in [0.4, 0.5) is 0 Å². The number of esters is 1. The zero-order chi connectivity index (χ0) is 15.0. The molecule has 7 heteroatoms. The third-order valence-corrected chi connectivity index (χ3v) is 3.87. The topological polar surface area (TPSA) is 80.9 Å². The molecule has 0 aliphatic heterocycles. The van der Waals surface area contributed by atoms with E-state index >= 15 is 0 Å². The lowest BCUT2D eigenvalue weighted by Crippen LogP contribution is -2.03. The van der Waals surface area contributed by atoms with Gasteiger partial charge in [0.1, 0.15) is 0 Å². The molecule has 1 N–H and O–H groups in total. The predicted molar refractivity (Wildman–Crippen MR) is 76.8 cm³/mol.